The number of anilines is 2. The van der Waals surface area contributed by atoms with Crippen LogP contribution in [0.5, 0.6) is 0 Å². The topological polar surface area (TPSA) is 86.8 Å². The third-order valence-electron chi connectivity index (χ3n) is 5.06. The first kappa shape index (κ1) is 21.8. The van der Waals surface area contributed by atoms with E-state index >= 15 is 0 Å². The maximum absolute atomic E-state index is 13.0. The van der Waals surface area contributed by atoms with Crippen molar-refractivity contribution in [1.29, 1.82) is 0 Å². The lowest BCUT2D eigenvalue weighted by molar-refractivity contribution is -0.114. The third kappa shape index (κ3) is 5.60. The number of rotatable bonds is 6. The highest BCUT2D eigenvalue weighted by molar-refractivity contribution is 7.92. The fourth-order valence-electron chi connectivity index (χ4n) is 3.54. The Morgan fingerprint density at radius 2 is 1.53 bits per heavy atom. The number of sulfonamides is 1. The zero-order valence-electron chi connectivity index (χ0n) is 17.1. The van der Waals surface area contributed by atoms with Crippen molar-refractivity contribution in [2.75, 3.05) is 35.5 Å². The van der Waals surface area contributed by atoms with Crippen LogP contribution in [0, 0.1) is 0 Å². The molecule has 0 spiro atoms. The summed E-state index contributed by atoms with van der Waals surface area (Å²) in [4.78, 5) is 27.6. The molecule has 0 radical (unpaired) electrons. The molecule has 8 heteroatoms. The lowest BCUT2D eigenvalue weighted by atomic mass is 10.1. The molecular formula is C22H27N3O4S. The summed E-state index contributed by atoms with van der Waals surface area (Å²) in [6.45, 7) is 1.03. The average molecular weight is 430 g/mol. The van der Waals surface area contributed by atoms with Gasteiger partial charge in [-0.05, 0) is 37.1 Å². The Morgan fingerprint density at radius 3 is 2.17 bits per heavy atom. The first-order valence-electron chi connectivity index (χ1n) is 10.1. The molecule has 1 aliphatic heterocycles. The standard InChI is InChI=1S/C22H27N3O4S/c1-30(28,29)25(18-11-5-4-6-12-18)17-21(26)23-20-14-8-7-13-19(20)22(27)24-15-9-2-3-10-16-24/h4-8,11-14H,2-3,9-10,15-17H2,1H3,(H,23,26). The number of carbonyl (C=O) groups excluding carboxylic acids is 2. The van der Waals surface area contributed by atoms with Gasteiger partial charge in [0.1, 0.15) is 6.54 Å². The van der Waals surface area contributed by atoms with Crippen molar-refractivity contribution < 1.29 is 18.0 Å². The van der Waals surface area contributed by atoms with E-state index in [2.05, 4.69) is 5.32 Å². The Balaban J connectivity index is 1.77. The van der Waals surface area contributed by atoms with E-state index in [4.69, 9.17) is 0 Å². The third-order valence-corrected chi connectivity index (χ3v) is 6.20. The highest BCUT2D eigenvalue weighted by Crippen LogP contribution is 2.21. The molecule has 0 bridgehead atoms. The quantitative estimate of drug-likeness (QED) is 0.764. The van der Waals surface area contributed by atoms with Gasteiger partial charge in [0, 0.05) is 13.1 Å². The molecule has 0 saturated carbocycles. The van der Waals surface area contributed by atoms with Crippen molar-refractivity contribution in [2.45, 2.75) is 25.7 Å². The number of para-hydroxylation sites is 2. The summed E-state index contributed by atoms with van der Waals surface area (Å²) >= 11 is 0. The van der Waals surface area contributed by atoms with E-state index < -0.39 is 15.9 Å². The molecule has 7 nitrogen and oxygen atoms in total. The molecule has 1 heterocycles. The van der Waals surface area contributed by atoms with Crippen LogP contribution < -0.4 is 9.62 Å². The van der Waals surface area contributed by atoms with Crippen LogP contribution in [0.25, 0.3) is 0 Å². The minimum atomic E-state index is -3.66. The summed E-state index contributed by atoms with van der Waals surface area (Å²) in [5, 5.41) is 2.73. The number of benzene rings is 2. The monoisotopic (exact) mass is 429 g/mol. The zero-order valence-corrected chi connectivity index (χ0v) is 17.9. The second-order valence-corrected chi connectivity index (χ2v) is 9.31. The van der Waals surface area contributed by atoms with Gasteiger partial charge in [0.15, 0.2) is 0 Å². The van der Waals surface area contributed by atoms with E-state index in [9.17, 15) is 18.0 Å². The molecule has 3 rings (SSSR count). The van der Waals surface area contributed by atoms with Crippen molar-refractivity contribution in [3.63, 3.8) is 0 Å². The van der Waals surface area contributed by atoms with Gasteiger partial charge in [0.2, 0.25) is 15.9 Å². The zero-order chi connectivity index (χ0) is 21.6. The van der Waals surface area contributed by atoms with Crippen molar-refractivity contribution in [3.8, 4) is 0 Å². The van der Waals surface area contributed by atoms with Gasteiger partial charge in [0.25, 0.3) is 5.91 Å². The van der Waals surface area contributed by atoms with Crippen LogP contribution in [0.2, 0.25) is 0 Å². The van der Waals surface area contributed by atoms with Crippen molar-refractivity contribution in [3.05, 3.63) is 60.2 Å². The van der Waals surface area contributed by atoms with Gasteiger partial charge in [0.05, 0.1) is 23.2 Å². The second-order valence-electron chi connectivity index (χ2n) is 7.41. The smallest absolute Gasteiger partial charge is 0.255 e. The molecule has 30 heavy (non-hydrogen) atoms. The fraction of sp³-hybridized carbons (Fsp3) is 0.364. The van der Waals surface area contributed by atoms with Crippen LogP contribution in [0.15, 0.2) is 54.6 Å². The van der Waals surface area contributed by atoms with Crippen molar-refractivity contribution >= 4 is 33.2 Å². The van der Waals surface area contributed by atoms with Gasteiger partial charge in [-0.1, -0.05) is 43.2 Å². The predicted octanol–water partition coefficient (Wildman–Crippen LogP) is 3.11. The molecule has 1 aliphatic rings. The van der Waals surface area contributed by atoms with E-state index in [1.54, 1.807) is 54.6 Å². The minimum Gasteiger partial charge on any atom is -0.339 e. The SMILES string of the molecule is CS(=O)(=O)N(CC(=O)Nc1ccccc1C(=O)N1CCCCCC1)c1ccccc1. The molecule has 0 unspecified atom stereocenters. The van der Waals surface area contributed by atoms with E-state index in [1.165, 1.54) is 0 Å². The summed E-state index contributed by atoms with van der Waals surface area (Å²) in [5.41, 5.74) is 1.21. The molecule has 2 aromatic rings. The number of hydrogen-bond acceptors (Lipinski definition) is 4. The fourth-order valence-corrected chi connectivity index (χ4v) is 4.39. The maximum Gasteiger partial charge on any atom is 0.255 e. The van der Waals surface area contributed by atoms with Gasteiger partial charge >= 0.3 is 0 Å². The molecule has 2 amide bonds. The van der Waals surface area contributed by atoms with Gasteiger partial charge in [-0.25, -0.2) is 8.42 Å². The highest BCUT2D eigenvalue weighted by atomic mass is 32.2. The van der Waals surface area contributed by atoms with E-state index in [0.29, 0.717) is 30.0 Å². The van der Waals surface area contributed by atoms with Gasteiger partial charge < -0.3 is 10.2 Å². The minimum absolute atomic E-state index is 0.115. The molecule has 1 saturated heterocycles. The molecular weight excluding hydrogens is 402 g/mol. The van der Waals surface area contributed by atoms with Crippen LogP contribution >= 0.6 is 0 Å². The first-order valence-corrected chi connectivity index (χ1v) is 11.9. The molecule has 1 fully saturated rings. The summed E-state index contributed by atoms with van der Waals surface area (Å²) in [6, 6.07) is 15.3. The van der Waals surface area contributed by atoms with Gasteiger partial charge in [-0.15, -0.1) is 0 Å². The van der Waals surface area contributed by atoms with Crippen LogP contribution in [0.4, 0.5) is 11.4 Å². The Bertz CT molecular complexity index is 984. The molecule has 0 aromatic heterocycles. The lowest BCUT2D eigenvalue weighted by Gasteiger charge is -2.23. The molecule has 2 aromatic carbocycles. The first-order chi connectivity index (χ1) is 14.4. The number of carbonyl (C=O) groups is 2. The van der Waals surface area contributed by atoms with E-state index in [-0.39, 0.29) is 12.5 Å². The Morgan fingerprint density at radius 1 is 0.933 bits per heavy atom. The summed E-state index contributed by atoms with van der Waals surface area (Å²) in [7, 11) is -3.66. The summed E-state index contributed by atoms with van der Waals surface area (Å²) in [5.74, 6) is -0.628. The van der Waals surface area contributed by atoms with Crippen molar-refractivity contribution in [1.82, 2.24) is 4.90 Å². The van der Waals surface area contributed by atoms with Gasteiger partial charge in [-0.2, -0.15) is 0 Å². The van der Waals surface area contributed by atoms with Gasteiger partial charge in [-0.3, -0.25) is 13.9 Å². The van der Waals surface area contributed by atoms with Crippen LogP contribution in [0.3, 0.4) is 0 Å². The molecule has 1 N–H and O–H groups in total. The number of nitrogens with zero attached hydrogens (tertiary/aromatic N) is 2. The largest absolute Gasteiger partial charge is 0.339 e. The Hall–Kier alpha value is -2.87. The molecule has 0 atom stereocenters. The number of nitrogens with one attached hydrogen (secondary N) is 1. The van der Waals surface area contributed by atoms with Crippen LogP contribution in [-0.2, 0) is 14.8 Å². The van der Waals surface area contributed by atoms with Crippen LogP contribution in [-0.4, -0.2) is 51.0 Å². The maximum atomic E-state index is 13.0. The van der Waals surface area contributed by atoms with E-state index in [0.717, 1.165) is 36.2 Å². The number of hydrogen-bond donors (Lipinski definition) is 1. The highest BCUT2D eigenvalue weighted by Gasteiger charge is 2.23. The molecule has 160 valence electrons. The van der Waals surface area contributed by atoms with E-state index in [1.807, 2.05) is 4.90 Å². The number of amides is 2. The van der Waals surface area contributed by atoms with Crippen LogP contribution in [0.1, 0.15) is 36.0 Å². The summed E-state index contributed by atoms with van der Waals surface area (Å²) < 4.78 is 25.5. The number of likely N-dealkylation sites (tertiary alicyclic amines) is 1. The Labute approximate surface area is 177 Å². The predicted molar refractivity (Wildman–Crippen MR) is 118 cm³/mol. The summed E-state index contributed by atoms with van der Waals surface area (Å²) in [6.07, 6.45) is 5.23. The lowest BCUT2D eigenvalue weighted by Crippen LogP contribution is -2.38. The Kier molecular flexibility index (Phi) is 7.10. The van der Waals surface area contributed by atoms with Crippen molar-refractivity contribution in [2.24, 2.45) is 0 Å². The second kappa shape index (κ2) is 9.75. The average Bonchev–Trinajstić information content (AvgIpc) is 3.01. The molecule has 0 aliphatic carbocycles. The normalized spacial score (nSPS) is 14.6.